The molecule has 0 spiro atoms. The van der Waals surface area contributed by atoms with Crippen LogP contribution in [-0.2, 0) is 13.2 Å². The molecule has 1 heterocycles. The second-order valence-electron chi connectivity index (χ2n) is 5.42. The number of benzene rings is 2. The molecule has 7 heteroatoms. The molecule has 128 valence electrons. The maximum absolute atomic E-state index is 12.5. The molecule has 0 aliphatic carbocycles. The van der Waals surface area contributed by atoms with Crippen molar-refractivity contribution >= 4 is 11.6 Å². The van der Waals surface area contributed by atoms with Crippen molar-refractivity contribution in [1.82, 2.24) is 20.2 Å². The zero-order valence-electron chi connectivity index (χ0n) is 14.2. The summed E-state index contributed by atoms with van der Waals surface area (Å²) in [6.45, 7) is 2.92. The first-order chi connectivity index (χ1) is 12.2. The molecule has 0 bridgehead atoms. The molecule has 1 amide bonds. The van der Waals surface area contributed by atoms with Gasteiger partial charge in [-0.25, -0.2) is 4.68 Å². The number of aromatic nitrogens is 4. The van der Waals surface area contributed by atoms with Gasteiger partial charge in [-0.05, 0) is 53.7 Å². The lowest BCUT2D eigenvalue weighted by Crippen LogP contribution is -2.26. The van der Waals surface area contributed by atoms with Gasteiger partial charge in [0.25, 0.3) is 5.91 Å². The fourth-order valence-electron chi connectivity index (χ4n) is 2.38. The first kappa shape index (κ1) is 16.6. The predicted octanol–water partition coefficient (Wildman–Crippen LogP) is 2.55. The highest BCUT2D eigenvalue weighted by Gasteiger charge is 2.13. The van der Waals surface area contributed by atoms with Crippen molar-refractivity contribution in [1.29, 1.82) is 0 Å². The third kappa shape index (κ3) is 3.82. The van der Waals surface area contributed by atoms with Gasteiger partial charge in [0.05, 0.1) is 0 Å². The molecule has 3 aromatic rings. The maximum atomic E-state index is 12.5. The van der Waals surface area contributed by atoms with E-state index in [1.54, 1.807) is 40.9 Å². The number of rotatable bonds is 6. The molecule has 7 nitrogen and oxygen atoms in total. The van der Waals surface area contributed by atoms with Gasteiger partial charge in [0, 0.05) is 24.8 Å². The molecule has 0 atom stereocenters. The Morgan fingerprint density at radius 1 is 1.12 bits per heavy atom. The Kier molecular flexibility index (Phi) is 5.03. The fourth-order valence-corrected chi connectivity index (χ4v) is 2.38. The summed E-state index contributed by atoms with van der Waals surface area (Å²) in [5.74, 6) is 1.24. The molecule has 0 N–H and O–H groups in total. The Morgan fingerprint density at radius 2 is 1.84 bits per heavy atom. The van der Waals surface area contributed by atoms with Crippen molar-refractivity contribution in [2.75, 3.05) is 11.9 Å². The van der Waals surface area contributed by atoms with Crippen LogP contribution in [0, 0.1) is 0 Å². The highest BCUT2D eigenvalue weighted by atomic mass is 16.5. The second kappa shape index (κ2) is 7.57. The van der Waals surface area contributed by atoms with Crippen LogP contribution in [0.1, 0.15) is 23.1 Å². The number of amides is 1. The number of para-hydroxylation sites is 1. The molecular formula is C18H19N5O2. The SMILES string of the molecule is CCn1nnnc1COc1ccc(C(=O)N(C)c2ccccc2)cc1. The van der Waals surface area contributed by atoms with Gasteiger partial charge in [0.2, 0.25) is 0 Å². The molecule has 1 aromatic heterocycles. The zero-order chi connectivity index (χ0) is 17.6. The number of carbonyl (C=O) groups excluding carboxylic acids is 1. The van der Waals surface area contributed by atoms with Crippen LogP contribution in [0.5, 0.6) is 5.75 Å². The van der Waals surface area contributed by atoms with E-state index in [0.29, 0.717) is 23.7 Å². The number of hydrogen-bond acceptors (Lipinski definition) is 5. The minimum absolute atomic E-state index is 0.0762. The van der Waals surface area contributed by atoms with Crippen molar-refractivity contribution in [3.05, 3.63) is 66.0 Å². The lowest BCUT2D eigenvalue weighted by Gasteiger charge is -2.17. The molecule has 0 fully saturated rings. The first-order valence-corrected chi connectivity index (χ1v) is 8.00. The average molecular weight is 337 g/mol. The summed E-state index contributed by atoms with van der Waals surface area (Å²) in [6, 6.07) is 16.6. The van der Waals surface area contributed by atoms with Gasteiger partial charge >= 0.3 is 0 Å². The smallest absolute Gasteiger partial charge is 0.258 e. The standard InChI is InChI=1S/C18H19N5O2/c1-3-23-17(19-20-21-23)13-25-16-11-9-14(10-12-16)18(24)22(2)15-7-5-4-6-8-15/h4-12H,3,13H2,1-2H3. The molecular weight excluding hydrogens is 318 g/mol. The van der Waals surface area contributed by atoms with Crippen LogP contribution in [0.2, 0.25) is 0 Å². The van der Waals surface area contributed by atoms with Crippen LogP contribution in [-0.4, -0.2) is 33.2 Å². The predicted molar refractivity (Wildman–Crippen MR) is 93.4 cm³/mol. The van der Waals surface area contributed by atoms with E-state index in [2.05, 4.69) is 15.5 Å². The van der Waals surface area contributed by atoms with Crippen molar-refractivity contribution in [3.63, 3.8) is 0 Å². The third-order valence-corrected chi connectivity index (χ3v) is 3.82. The van der Waals surface area contributed by atoms with Crippen LogP contribution in [0.15, 0.2) is 54.6 Å². The molecule has 0 aliphatic heterocycles. The zero-order valence-corrected chi connectivity index (χ0v) is 14.2. The number of tetrazole rings is 1. The minimum Gasteiger partial charge on any atom is -0.486 e. The van der Waals surface area contributed by atoms with Crippen LogP contribution in [0.25, 0.3) is 0 Å². The van der Waals surface area contributed by atoms with E-state index in [9.17, 15) is 4.79 Å². The number of nitrogens with zero attached hydrogens (tertiary/aromatic N) is 5. The van der Waals surface area contributed by atoms with Crippen LogP contribution >= 0.6 is 0 Å². The maximum Gasteiger partial charge on any atom is 0.258 e. The van der Waals surface area contributed by atoms with E-state index in [1.807, 2.05) is 37.3 Å². The van der Waals surface area contributed by atoms with Crippen molar-refractivity contribution in [3.8, 4) is 5.75 Å². The lowest BCUT2D eigenvalue weighted by atomic mass is 10.2. The van der Waals surface area contributed by atoms with E-state index in [4.69, 9.17) is 4.74 Å². The van der Waals surface area contributed by atoms with Gasteiger partial charge in [-0.15, -0.1) is 5.10 Å². The number of ether oxygens (including phenoxy) is 1. The normalized spacial score (nSPS) is 10.5. The van der Waals surface area contributed by atoms with Crippen LogP contribution in [0.4, 0.5) is 5.69 Å². The van der Waals surface area contributed by atoms with E-state index < -0.39 is 0 Å². The average Bonchev–Trinajstić information content (AvgIpc) is 3.14. The Bertz CT molecular complexity index is 830. The molecule has 0 radical (unpaired) electrons. The summed E-state index contributed by atoms with van der Waals surface area (Å²) in [5.41, 5.74) is 1.44. The largest absolute Gasteiger partial charge is 0.486 e. The lowest BCUT2D eigenvalue weighted by molar-refractivity contribution is 0.0993. The van der Waals surface area contributed by atoms with Crippen LogP contribution < -0.4 is 9.64 Å². The highest BCUT2D eigenvalue weighted by molar-refractivity contribution is 6.05. The monoisotopic (exact) mass is 337 g/mol. The Labute approximate surface area is 145 Å². The number of aryl methyl sites for hydroxylation is 1. The van der Waals surface area contributed by atoms with Gasteiger partial charge < -0.3 is 9.64 Å². The summed E-state index contributed by atoms with van der Waals surface area (Å²) in [6.07, 6.45) is 0. The van der Waals surface area contributed by atoms with Gasteiger partial charge in [-0.3, -0.25) is 4.79 Å². The molecule has 0 saturated carbocycles. The van der Waals surface area contributed by atoms with Gasteiger partial charge in [-0.2, -0.15) is 0 Å². The van der Waals surface area contributed by atoms with Gasteiger partial charge in [-0.1, -0.05) is 18.2 Å². The molecule has 0 unspecified atom stereocenters. The summed E-state index contributed by atoms with van der Waals surface area (Å²) in [7, 11) is 1.76. The summed E-state index contributed by atoms with van der Waals surface area (Å²) < 4.78 is 7.36. The van der Waals surface area contributed by atoms with Gasteiger partial charge in [0.15, 0.2) is 5.82 Å². The van der Waals surface area contributed by atoms with E-state index in [1.165, 1.54) is 0 Å². The number of anilines is 1. The van der Waals surface area contributed by atoms with Crippen molar-refractivity contribution < 1.29 is 9.53 Å². The highest BCUT2D eigenvalue weighted by Crippen LogP contribution is 2.18. The van der Waals surface area contributed by atoms with Crippen molar-refractivity contribution in [2.45, 2.75) is 20.1 Å². The fraction of sp³-hybridized carbons (Fsp3) is 0.222. The van der Waals surface area contributed by atoms with E-state index >= 15 is 0 Å². The summed E-state index contributed by atoms with van der Waals surface area (Å²) in [4.78, 5) is 14.2. The first-order valence-electron chi connectivity index (χ1n) is 8.00. The summed E-state index contributed by atoms with van der Waals surface area (Å²) in [5, 5.41) is 11.4. The topological polar surface area (TPSA) is 73.1 Å². The molecule has 25 heavy (non-hydrogen) atoms. The third-order valence-electron chi connectivity index (χ3n) is 3.82. The molecule has 2 aromatic carbocycles. The Morgan fingerprint density at radius 3 is 2.52 bits per heavy atom. The Hall–Kier alpha value is -3.22. The second-order valence-corrected chi connectivity index (χ2v) is 5.42. The van der Waals surface area contributed by atoms with E-state index in [-0.39, 0.29) is 12.5 Å². The van der Waals surface area contributed by atoms with E-state index in [0.717, 1.165) is 5.69 Å². The minimum atomic E-state index is -0.0762. The number of hydrogen-bond donors (Lipinski definition) is 0. The number of carbonyl (C=O) groups is 1. The molecule has 3 rings (SSSR count). The van der Waals surface area contributed by atoms with Gasteiger partial charge in [0.1, 0.15) is 12.4 Å². The molecule has 0 aliphatic rings. The summed E-state index contributed by atoms with van der Waals surface area (Å²) >= 11 is 0. The van der Waals surface area contributed by atoms with Crippen molar-refractivity contribution in [2.24, 2.45) is 0 Å². The Balaban J connectivity index is 1.64. The van der Waals surface area contributed by atoms with Crippen LogP contribution in [0.3, 0.4) is 0 Å². The quantitative estimate of drug-likeness (QED) is 0.691. The molecule has 0 saturated heterocycles.